The minimum atomic E-state index is -0.686. The van der Waals surface area contributed by atoms with Gasteiger partial charge in [0, 0.05) is 53.2 Å². The van der Waals surface area contributed by atoms with E-state index in [-0.39, 0.29) is 32.4 Å². The van der Waals surface area contributed by atoms with Crippen LogP contribution in [0.25, 0.3) is 0 Å². The van der Waals surface area contributed by atoms with Gasteiger partial charge in [-0.1, -0.05) is 53.0 Å². The maximum atomic E-state index is 13.0. The SMILES string of the molecule is O=C(c1ccc(NC2=C(Cl)C(=O)N(c3cc(Cl)cc(Cl)c3)C2=O)cc1)N1CCN(c2ccccc2)CC1. The zero-order valence-electron chi connectivity index (χ0n) is 19.5. The summed E-state index contributed by atoms with van der Waals surface area (Å²) < 4.78 is 0. The van der Waals surface area contributed by atoms with Crippen LogP contribution in [0.5, 0.6) is 0 Å². The Morgan fingerprint density at radius 3 is 1.97 bits per heavy atom. The Balaban J connectivity index is 1.24. The number of rotatable bonds is 5. The molecule has 0 spiro atoms. The van der Waals surface area contributed by atoms with E-state index in [0.29, 0.717) is 24.3 Å². The number of anilines is 3. The quantitative estimate of drug-likeness (QED) is 0.427. The Kier molecular flexibility index (Phi) is 7.11. The molecule has 2 heterocycles. The predicted molar refractivity (Wildman–Crippen MR) is 146 cm³/mol. The number of hydrogen-bond donors (Lipinski definition) is 1. The van der Waals surface area contributed by atoms with Gasteiger partial charge < -0.3 is 15.1 Å². The second kappa shape index (κ2) is 10.5. The van der Waals surface area contributed by atoms with Gasteiger partial charge in [0.2, 0.25) is 0 Å². The molecule has 3 aromatic rings. The number of carbonyl (C=O) groups is 3. The van der Waals surface area contributed by atoms with Gasteiger partial charge in [-0.05, 0) is 54.6 Å². The van der Waals surface area contributed by atoms with Gasteiger partial charge in [0.05, 0.1) is 5.69 Å². The van der Waals surface area contributed by atoms with E-state index in [1.807, 2.05) is 23.1 Å². The number of benzene rings is 3. The lowest BCUT2D eigenvalue weighted by atomic mass is 10.1. The Morgan fingerprint density at radius 2 is 1.35 bits per heavy atom. The molecule has 0 atom stereocenters. The van der Waals surface area contributed by atoms with Gasteiger partial charge in [0.25, 0.3) is 17.7 Å². The molecule has 37 heavy (non-hydrogen) atoms. The third kappa shape index (κ3) is 5.16. The summed E-state index contributed by atoms with van der Waals surface area (Å²) in [5.41, 5.74) is 2.33. The second-order valence-electron chi connectivity index (χ2n) is 8.58. The summed E-state index contributed by atoms with van der Waals surface area (Å²) in [7, 11) is 0. The van der Waals surface area contributed by atoms with E-state index in [2.05, 4.69) is 22.3 Å². The maximum Gasteiger partial charge on any atom is 0.283 e. The number of piperazine rings is 1. The predicted octanol–water partition coefficient (Wildman–Crippen LogP) is 5.39. The van der Waals surface area contributed by atoms with Gasteiger partial charge in [-0.25, -0.2) is 4.90 Å². The molecule has 0 unspecified atom stereocenters. The largest absolute Gasteiger partial charge is 0.368 e. The third-order valence-corrected chi connectivity index (χ3v) is 7.01. The highest BCUT2D eigenvalue weighted by Gasteiger charge is 2.39. The van der Waals surface area contributed by atoms with Crippen LogP contribution < -0.4 is 15.1 Å². The van der Waals surface area contributed by atoms with Crippen molar-refractivity contribution in [3.8, 4) is 0 Å². The minimum Gasteiger partial charge on any atom is -0.368 e. The molecule has 0 saturated carbocycles. The molecule has 5 rings (SSSR count). The number of nitrogens with zero attached hydrogens (tertiary/aromatic N) is 3. The van der Waals surface area contributed by atoms with Crippen LogP contribution in [-0.2, 0) is 9.59 Å². The normalized spacial score (nSPS) is 16.0. The molecule has 7 nitrogen and oxygen atoms in total. The first-order valence-corrected chi connectivity index (χ1v) is 12.7. The second-order valence-corrected chi connectivity index (χ2v) is 9.83. The molecule has 2 aliphatic rings. The Morgan fingerprint density at radius 1 is 0.730 bits per heavy atom. The molecule has 188 valence electrons. The molecule has 1 saturated heterocycles. The first-order valence-electron chi connectivity index (χ1n) is 11.5. The first kappa shape index (κ1) is 25.1. The maximum absolute atomic E-state index is 13.0. The topological polar surface area (TPSA) is 73.0 Å². The van der Waals surface area contributed by atoms with Crippen molar-refractivity contribution in [3.63, 3.8) is 0 Å². The molecule has 0 bridgehead atoms. The molecule has 10 heteroatoms. The summed E-state index contributed by atoms with van der Waals surface area (Å²) in [5.74, 6) is -1.38. The van der Waals surface area contributed by atoms with E-state index in [0.717, 1.165) is 23.7 Å². The lowest BCUT2D eigenvalue weighted by Gasteiger charge is -2.36. The number of amides is 3. The van der Waals surface area contributed by atoms with E-state index in [1.165, 1.54) is 18.2 Å². The van der Waals surface area contributed by atoms with Crippen molar-refractivity contribution in [1.82, 2.24) is 4.90 Å². The number of hydrogen-bond acceptors (Lipinski definition) is 5. The summed E-state index contributed by atoms with van der Waals surface area (Å²) in [6.07, 6.45) is 0. The van der Waals surface area contributed by atoms with E-state index < -0.39 is 11.8 Å². The van der Waals surface area contributed by atoms with Crippen LogP contribution in [0.4, 0.5) is 17.1 Å². The van der Waals surface area contributed by atoms with Gasteiger partial charge in [-0.3, -0.25) is 14.4 Å². The molecule has 0 aromatic heterocycles. The summed E-state index contributed by atoms with van der Waals surface area (Å²) in [4.78, 5) is 43.7. The van der Waals surface area contributed by atoms with Gasteiger partial charge in [0.1, 0.15) is 10.7 Å². The van der Waals surface area contributed by atoms with Crippen LogP contribution in [0.3, 0.4) is 0 Å². The van der Waals surface area contributed by atoms with Crippen molar-refractivity contribution in [2.45, 2.75) is 0 Å². The van der Waals surface area contributed by atoms with Crippen LogP contribution >= 0.6 is 34.8 Å². The average Bonchev–Trinajstić information content (AvgIpc) is 3.11. The molecule has 1 N–H and O–H groups in total. The van der Waals surface area contributed by atoms with Gasteiger partial charge >= 0.3 is 0 Å². The molecular formula is C27H21Cl3N4O3. The van der Waals surface area contributed by atoms with Gasteiger partial charge in [-0.2, -0.15) is 0 Å². The van der Waals surface area contributed by atoms with Crippen molar-refractivity contribution in [3.05, 3.63) is 99.1 Å². The fourth-order valence-corrected chi connectivity index (χ4v) is 5.07. The molecular weight excluding hydrogens is 535 g/mol. The Labute approximate surface area is 228 Å². The van der Waals surface area contributed by atoms with E-state index in [4.69, 9.17) is 34.8 Å². The highest BCUT2D eigenvalue weighted by atomic mass is 35.5. The number of carbonyl (C=O) groups excluding carboxylic acids is 3. The fourth-order valence-electron chi connectivity index (χ4n) is 4.34. The smallest absolute Gasteiger partial charge is 0.283 e. The standard InChI is InChI=1S/C27H21Cl3N4O3/c28-18-14-19(29)16-22(15-18)34-26(36)23(30)24(27(34)37)31-20-8-6-17(7-9-20)25(35)33-12-10-32(11-13-33)21-4-2-1-3-5-21/h1-9,14-16,31H,10-13H2. The fraction of sp³-hybridized carbons (Fsp3) is 0.148. The number of nitrogens with one attached hydrogen (secondary N) is 1. The van der Waals surface area contributed by atoms with E-state index in [9.17, 15) is 14.4 Å². The number of halogens is 3. The average molecular weight is 556 g/mol. The first-order chi connectivity index (χ1) is 17.8. The van der Waals surface area contributed by atoms with Crippen molar-refractivity contribution in [2.75, 3.05) is 41.3 Å². The third-order valence-electron chi connectivity index (χ3n) is 6.22. The highest BCUT2D eigenvalue weighted by Crippen LogP contribution is 2.33. The minimum absolute atomic E-state index is 0.0624. The number of imide groups is 1. The summed E-state index contributed by atoms with van der Waals surface area (Å²) in [5, 5.41) is 3.22. The van der Waals surface area contributed by atoms with Crippen molar-refractivity contribution >= 4 is 69.6 Å². The molecule has 2 aliphatic heterocycles. The van der Waals surface area contributed by atoms with Crippen molar-refractivity contribution in [2.24, 2.45) is 0 Å². The summed E-state index contributed by atoms with van der Waals surface area (Å²) in [6.45, 7) is 2.76. The van der Waals surface area contributed by atoms with E-state index >= 15 is 0 Å². The van der Waals surface area contributed by atoms with Gasteiger partial charge in [0.15, 0.2) is 0 Å². The number of para-hydroxylation sites is 1. The van der Waals surface area contributed by atoms with Crippen LogP contribution in [-0.4, -0.2) is 48.8 Å². The van der Waals surface area contributed by atoms with Crippen LogP contribution in [0.1, 0.15) is 10.4 Å². The lowest BCUT2D eigenvalue weighted by molar-refractivity contribution is -0.120. The summed E-state index contributed by atoms with van der Waals surface area (Å²) in [6, 6.07) is 21.2. The van der Waals surface area contributed by atoms with Gasteiger partial charge in [-0.15, -0.1) is 0 Å². The summed E-state index contributed by atoms with van der Waals surface area (Å²) >= 11 is 18.3. The van der Waals surface area contributed by atoms with Crippen LogP contribution in [0.15, 0.2) is 83.5 Å². The Hall–Kier alpha value is -3.52. The monoisotopic (exact) mass is 554 g/mol. The lowest BCUT2D eigenvalue weighted by Crippen LogP contribution is -2.48. The molecule has 1 fully saturated rings. The van der Waals surface area contributed by atoms with Crippen LogP contribution in [0, 0.1) is 0 Å². The molecule has 3 aromatic carbocycles. The van der Waals surface area contributed by atoms with Crippen LogP contribution in [0.2, 0.25) is 10.0 Å². The zero-order chi connectivity index (χ0) is 26.1. The molecule has 3 amide bonds. The van der Waals surface area contributed by atoms with E-state index in [1.54, 1.807) is 24.3 Å². The van der Waals surface area contributed by atoms with Crippen molar-refractivity contribution in [1.29, 1.82) is 0 Å². The molecule has 0 aliphatic carbocycles. The highest BCUT2D eigenvalue weighted by molar-refractivity contribution is 6.53. The Bertz CT molecular complexity index is 1380. The zero-order valence-corrected chi connectivity index (χ0v) is 21.7. The van der Waals surface area contributed by atoms with Crippen molar-refractivity contribution < 1.29 is 14.4 Å². The molecule has 0 radical (unpaired) electrons.